The molecule has 0 radical (unpaired) electrons. The second-order valence-electron chi connectivity index (χ2n) is 7.09. The van der Waals surface area contributed by atoms with Gasteiger partial charge in [-0.2, -0.15) is 0 Å². The third-order valence-electron chi connectivity index (χ3n) is 4.82. The minimum Gasteiger partial charge on any atom is -0.345 e. The number of fused-ring (bicyclic) bond motifs is 1. The smallest absolute Gasteiger partial charge is 0.253 e. The van der Waals surface area contributed by atoms with E-state index in [1.54, 1.807) is 38.4 Å². The highest BCUT2D eigenvalue weighted by Gasteiger charge is 2.15. The van der Waals surface area contributed by atoms with E-state index in [2.05, 4.69) is 5.32 Å². The molecular formula is C22H24N2O3. The first-order valence-electron chi connectivity index (χ1n) is 9.20. The van der Waals surface area contributed by atoms with Crippen molar-refractivity contribution in [1.82, 2.24) is 4.90 Å². The average Bonchev–Trinajstić information content (AvgIpc) is 3.13. The highest BCUT2D eigenvalue weighted by molar-refractivity contribution is 6.00. The first kappa shape index (κ1) is 18.8. The predicted molar refractivity (Wildman–Crippen MR) is 105 cm³/mol. The number of hydrogen-bond acceptors (Lipinski definition) is 3. The van der Waals surface area contributed by atoms with Gasteiger partial charge < -0.3 is 10.2 Å². The van der Waals surface area contributed by atoms with Crippen LogP contribution in [0.15, 0.2) is 42.5 Å². The maximum atomic E-state index is 12.4. The van der Waals surface area contributed by atoms with Crippen molar-refractivity contribution in [3.63, 3.8) is 0 Å². The molecule has 2 aromatic rings. The number of Topliss-reactive ketones (excluding diaryl/α,β-unsaturated/α-hetero) is 1. The van der Waals surface area contributed by atoms with Gasteiger partial charge in [-0.25, -0.2) is 0 Å². The number of benzene rings is 2. The van der Waals surface area contributed by atoms with Gasteiger partial charge in [-0.3, -0.25) is 14.4 Å². The van der Waals surface area contributed by atoms with Gasteiger partial charge in [0.1, 0.15) is 0 Å². The van der Waals surface area contributed by atoms with Crippen LogP contribution in [0.2, 0.25) is 0 Å². The Kier molecular flexibility index (Phi) is 5.69. The summed E-state index contributed by atoms with van der Waals surface area (Å²) < 4.78 is 0. The zero-order valence-corrected chi connectivity index (χ0v) is 15.7. The molecule has 0 unspecified atom stereocenters. The standard InChI is InChI=1S/C22H24N2O3/c1-24(2)22(27)16-8-10-19(11-9-16)23-21(26)13-12-20(25)18-7-6-15-4-3-5-17(15)14-18/h6-11,14H,3-5,12-13H2,1-2H3,(H,23,26). The molecule has 0 atom stereocenters. The summed E-state index contributed by atoms with van der Waals surface area (Å²) in [6, 6.07) is 12.6. The highest BCUT2D eigenvalue weighted by atomic mass is 16.2. The lowest BCUT2D eigenvalue weighted by molar-refractivity contribution is -0.116. The number of anilines is 1. The van der Waals surface area contributed by atoms with Crippen LogP contribution in [0.5, 0.6) is 0 Å². The molecule has 2 amide bonds. The molecule has 2 aromatic carbocycles. The van der Waals surface area contributed by atoms with Crippen molar-refractivity contribution in [1.29, 1.82) is 0 Å². The molecule has 1 aliphatic rings. The summed E-state index contributed by atoms with van der Waals surface area (Å²) in [7, 11) is 3.38. The van der Waals surface area contributed by atoms with Crippen molar-refractivity contribution < 1.29 is 14.4 Å². The van der Waals surface area contributed by atoms with Crippen molar-refractivity contribution in [2.24, 2.45) is 0 Å². The van der Waals surface area contributed by atoms with Crippen molar-refractivity contribution in [3.05, 3.63) is 64.7 Å². The van der Waals surface area contributed by atoms with E-state index in [1.807, 2.05) is 18.2 Å². The lowest BCUT2D eigenvalue weighted by atomic mass is 10.0. The molecule has 5 heteroatoms. The average molecular weight is 364 g/mol. The molecule has 0 aromatic heterocycles. The summed E-state index contributed by atoms with van der Waals surface area (Å²) in [5.41, 5.74) is 4.46. The number of carbonyl (C=O) groups excluding carboxylic acids is 3. The molecule has 140 valence electrons. The lowest BCUT2D eigenvalue weighted by Gasteiger charge is -2.11. The Morgan fingerprint density at radius 3 is 2.26 bits per heavy atom. The summed E-state index contributed by atoms with van der Waals surface area (Å²) in [5, 5.41) is 2.77. The maximum absolute atomic E-state index is 12.4. The molecule has 27 heavy (non-hydrogen) atoms. The van der Waals surface area contributed by atoms with Gasteiger partial charge in [0.05, 0.1) is 0 Å². The molecule has 1 aliphatic carbocycles. The van der Waals surface area contributed by atoms with Crippen molar-refractivity contribution in [3.8, 4) is 0 Å². The number of amides is 2. The van der Waals surface area contributed by atoms with Crippen LogP contribution in [0, 0.1) is 0 Å². The van der Waals surface area contributed by atoms with Crippen LogP contribution in [0.25, 0.3) is 0 Å². The topological polar surface area (TPSA) is 66.5 Å². The first-order valence-corrected chi connectivity index (χ1v) is 9.20. The Labute approximate surface area is 159 Å². The van der Waals surface area contributed by atoms with Crippen LogP contribution < -0.4 is 5.32 Å². The number of carbonyl (C=O) groups is 3. The van der Waals surface area contributed by atoms with Gasteiger partial charge in [0, 0.05) is 43.8 Å². The second-order valence-corrected chi connectivity index (χ2v) is 7.09. The minimum absolute atomic E-state index is 0.00761. The van der Waals surface area contributed by atoms with Crippen molar-refractivity contribution >= 4 is 23.3 Å². The fourth-order valence-electron chi connectivity index (χ4n) is 3.29. The molecule has 0 saturated heterocycles. The third kappa shape index (κ3) is 4.61. The third-order valence-corrected chi connectivity index (χ3v) is 4.82. The molecule has 0 saturated carbocycles. The van der Waals surface area contributed by atoms with E-state index in [9.17, 15) is 14.4 Å². The zero-order valence-electron chi connectivity index (χ0n) is 15.7. The Morgan fingerprint density at radius 1 is 0.889 bits per heavy atom. The molecule has 1 N–H and O–H groups in total. The Morgan fingerprint density at radius 2 is 1.56 bits per heavy atom. The number of ketones is 1. The highest BCUT2D eigenvalue weighted by Crippen LogP contribution is 2.23. The Hall–Kier alpha value is -2.95. The second kappa shape index (κ2) is 8.16. The van der Waals surface area contributed by atoms with Crippen LogP contribution in [0.4, 0.5) is 5.69 Å². The van der Waals surface area contributed by atoms with E-state index in [4.69, 9.17) is 0 Å². The number of nitrogens with one attached hydrogen (secondary N) is 1. The summed E-state index contributed by atoms with van der Waals surface area (Å²) in [4.78, 5) is 37.8. The van der Waals surface area contributed by atoms with E-state index in [1.165, 1.54) is 16.0 Å². The summed E-state index contributed by atoms with van der Waals surface area (Å²) >= 11 is 0. The summed E-state index contributed by atoms with van der Waals surface area (Å²) in [6.07, 6.45) is 3.58. The van der Waals surface area contributed by atoms with Crippen LogP contribution in [-0.4, -0.2) is 36.6 Å². The van der Waals surface area contributed by atoms with Gasteiger partial charge in [0.2, 0.25) is 5.91 Å². The van der Waals surface area contributed by atoms with Crippen LogP contribution in [0.1, 0.15) is 51.1 Å². The quantitative estimate of drug-likeness (QED) is 0.798. The van der Waals surface area contributed by atoms with E-state index in [0.29, 0.717) is 16.8 Å². The van der Waals surface area contributed by atoms with E-state index in [-0.39, 0.29) is 30.4 Å². The minimum atomic E-state index is -0.212. The Bertz CT molecular complexity index is 870. The monoisotopic (exact) mass is 364 g/mol. The number of hydrogen-bond donors (Lipinski definition) is 1. The van der Waals surface area contributed by atoms with Crippen molar-refractivity contribution in [2.45, 2.75) is 32.1 Å². The molecule has 0 aliphatic heterocycles. The number of rotatable bonds is 6. The molecule has 3 rings (SSSR count). The fourth-order valence-corrected chi connectivity index (χ4v) is 3.29. The largest absolute Gasteiger partial charge is 0.345 e. The van der Waals surface area contributed by atoms with E-state index < -0.39 is 0 Å². The Balaban J connectivity index is 1.52. The van der Waals surface area contributed by atoms with E-state index in [0.717, 1.165) is 19.3 Å². The van der Waals surface area contributed by atoms with Crippen LogP contribution in [-0.2, 0) is 17.6 Å². The number of nitrogens with zero attached hydrogens (tertiary/aromatic N) is 1. The molecular weight excluding hydrogens is 340 g/mol. The molecule has 0 fully saturated rings. The zero-order chi connectivity index (χ0) is 19.4. The normalized spacial score (nSPS) is 12.4. The van der Waals surface area contributed by atoms with Crippen LogP contribution >= 0.6 is 0 Å². The van der Waals surface area contributed by atoms with E-state index >= 15 is 0 Å². The van der Waals surface area contributed by atoms with Crippen molar-refractivity contribution in [2.75, 3.05) is 19.4 Å². The van der Waals surface area contributed by atoms with Gasteiger partial charge in [0.25, 0.3) is 5.91 Å². The lowest BCUT2D eigenvalue weighted by Crippen LogP contribution is -2.21. The van der Waals surface area contributed by atoms with Crippen LogP contribution in [0.3, 0.4) is 0 Å². The first-order chi connectivity index (χ1) is 12.9. The molecule has 5 nitrogen and oxygen atoms in total. The van der Waals surface area contributed by atoms with Gasteiger partial charge >= 0.3 is 0 Å². The molecule has 0 heterocycles. The summed E-state index contributed by atoms with van der Waals surface area (Å²) in [6.45, 7) is 0. The molecule has 0 spiro atoms. The maximum Gasteiger partial charge on any atom is 0.253 e. The molecule has 0 bridgehead atoms. The van der Waals surface area contributed by atoms with Gasteiger partial charge in [0.15, 0.2) is 5.78 Å². The SMILES string of the molecule is CN(C)C(=O)c1ccc(NC(=O)CCC(=O)c2ccc3c(c2)CCC3)cc1. The predicted octanol–water partition coefficient (Wildman–Crippen LogP) is 3.48. The van der Waals surface area contributed by atoms with Gasteiger partial charge in [-0.15, -0.1) is 0 Å². The van der Waals surface area contributed by atoms with Gasteiger partial charge in [-0.05, 0) is 60.7 Å². The van der Waals surface area contributed by atoms with Gasteiger partial charge in [-0.1, -0.05) is 12.1 Å². The number of aryl methyl sites for hydroxylation is 2. The fraction of sp³-hybridized carbons (Fsp3) is 0.318. The summed E-state index contributed by atoms with van der Waals surface area (Å²) in [5.74, 6) is -0.309.